The van der Waals surface area contributed by atoms with Gasteiger partial charge in [0, 0.05) is 28.4 Å². The van der Waals surface area contributed by atoms with Crippen molar-refractivity contribution >= 4 is 22.6 Å². The first-order valence-corrected chi connectivity index (χ1v) is 16.8. The van der Waals surface area contributed by atoms with Gasteiger partial charge in [0.2, 0.25) is 5.78 Å². The summed E-state index contributed by atoms with van der Waals surface area (Å²) < 4.78 is 12.3. The summed E-state index contributed by atoms with van der Waals surface area (Å²) in [4.78, 5) is 30.1. The minimum Gasteiger partial charge on any atom is -0.461 e. The van der Waals surface area contributed by atoms with E-state index in [-0.39, 0.29) is 46.1 Å². The smallest absolute Gasteiger partial charge is 0.410 e. The van der Waals surface area contributed by atoms with Gasteiger partial charge in [0.05, 0.1) is 18.9 Å². The van der Waals surface area contributed by atoms with Crippen molar-refractivity contribution < 1.29 is 23.8 Å². The number of ether oxygens (including phenoxy) is 1. The Hall–Kier alpha value is -3.64. The second-order valence-corrected chi connectivity index (χ2v) is 15.4. The maximum atomic E-state index is 14.4. The summed E-state index contributed by atoms with van der Waals surface area (Å²) in [6.07, 6.45) is 13.9. The summed E-state index contributed by atoms with van der Waals surface area (Å²) in [5.41, 5.74) is 0.161. The Labute approximate surface area is 264 Å². The Morgan fingerprint density at radius 1 is 0.933 bits per heavy atom. The zero-order valence-corrected chi connectivity index (χ0v) is 26.1. The Kier molecular flexibility index (Phi) is 5.53. The molecule has 8 atom stereocenters. The fourth-order valence-electron chi connectivity index (χ4n) is 11.7. The number of aliphatic hydroxyl groups is 1. The molecule has 3 spiro atoms. The third-order valence-electron chi connectivity index (χ3n) is 13.9. The number of nitrogens with zero attached hydrogens (tertiary/aromatic N) is 1. The van der Waals surface area contributed by atoms with Crippen molar-refractivity contribution in [2.75, 3.05) is 6.54 Å². The zero-order valence-electron chi connectivity index (χ0n) is 26.1. The fraction of sp³-hybridized carbons (Fsp3) is 0.487. The van der Waals surface area contributed by atoms with Crippen molar-refractivity contribution in [3.63, 3.8) is 0 Å². The van der Waals surface area contributed by atoms with E-state index in [1.165, 1.54) is 10.8 Å². The highest BCUT2D eigenvalue weighted by atomic mass is 16.6. The third-order valence-corrected chi connectivity index (χ3v) is 13.9. The van der Waals surface area contributed by atoms with Crippen molar-refractivity contribution in [3.8, 4) is 0 Å². The van der Waals surface area contributed by atoms with Crippen LogP contribution in [0.4, 0.5) is 4.79 Å². The van der Waals surface area contributed by atoms with Crippen LogP contribution in [-0.4, -0.2) is 40.1 Å². The molecule has 45 heavy (non-hydrogen) atoms. The second kappa shape index (κ2) is 9.00. The monoisotopic (exact) mass is 603 g/mol. The summed E-state index contributed by atoms with van der Waals surface area (Å²) in [5, 5.41) is 13.2. The number of Topliss-reactive ketones (excluding diaryl/α,β-unsaturated/α-hetero) is 1. The van der Waals surface area contributed by atoms with Crippen LogP contribution < -0.4 is 0 Å². The molecule has 2 heterocycles. The van der Waals surface area contributed by atoms with Crippen LogP contribution in [0.25, 0.3) is 10.8 Å². The standard InChI is InChI=1S/C39H41NO5/c1-35-15-12-27(41)21-37(35)18-19-39(29(22-37)33(42)30-11-6-20-44-30)31(35)13-16-36(2)32(39)14-17-38(36)24-40(34(43)45-38)23-26-9-5-8-25-7-3-4-10-28(25)26/h3-11,18-20,22,27,31-32,41H,12-17,21,23-24H2,1-2H3/t27-,31+,32+,35+,36-,37-,38+,39-/m0/s1. The molecule has 6 aliphatic carbocycles. The number of aliphatic hydroxyl groups excluding tert-OH is 1. The summed E-state index contributed by atoms with van der Waals surface area (Å²) in [6.45, 7) is 5.84. The van der Waals surface area contributed by atoms with Crippen LogP contribution in [0.2, 0.25) is 0 Å². The lowest BCUT2D eigenvalue weighted by molar-refractivity contribution is -0.164. The topological polar surface area (TPSA) is 80.0 Å². The molecule has 2 aromatic carbocycles. The molecule has 1 aromatic heterocycles. The summed E-state index contributed by atoms with van der Waals surface area (Å²) in [7, 11) is 0. The quantitative estimate of drug-likeness (QED) is 0.243. The number of benzene rings is 2. The molecule has 3 saturated carbocycles. The van der Waals surface area contributed by atoms with E-state index in [1.54, 1.807) is 18.4 Å². The molecule has 10 rings (SSSR count). The van der Waals surface area contributed by atoms with Crippen LogP contribution in [0.1, 0.15) is 74.9 Å². The highest BCUT2D eigenvalue weighted by molar-refractivity contribution is 6.08. The van der Waals surface area contributed by atoms with E-state index >= 15 is 0 Å². The largest absolute Gasteiger partial charge is 0.461 e. The third kappa shape index (κ3) is 3.34. The van der Waals surface area contributed by atoms with Crippen LogP contribution in [0.5, 0.6) is 0 Å². The minimum atomic E-state index is -0.610. The van der Waals surface area contributed by atoms with E-state index in [0.29, 0.717) is 25.3 Å². The molecule has 1 saturated heterocycles. The average molecular weight is 604 g/mol. The second-order valence-electron chi connectivity index (χ2n) is 15.4. The molecule has 6 heteroatoms. The van der Waals surface area contributed by atoms with Crippen molar-refractivity contribution in [1.29, 1.82) is 0 Å². The molecule has 1 aliphatic heterocycles. The molecule has 3 aromatic rings. The Balaban J connectivity index is 1.12. The van der Waals surface area contributed by atoms with Crippen molar-refractivity contribution in [2.24, 2.45) is 33.5 Å². The van der Waals surface area contributed by atoms with E-state index < -0.39 is 11.0 Å². The lowest BCUT2D eigenvalue weighted by Gasteiger charge is -2.71. The molecule has 232 valence electrons. The zero-order chi connectivity index (χ0) is 30.8. The maximum absolute atomic E-state index is 14.4. The van der Waals surface area contributed by atoms with Gasteiger partial charge in [-0.15, -0.1) is 0 Å². The summed E-state index contributed by atoms with van der Waals surface area (Å²) in [5.74, 6) is 0.733. The fourth-order valence-corrected chi connectivity index (χ4v) is 11.7. The number of hydrogen-bond donors (Lipinski definition) is 1. The minimum absolute atomic E-state index is 0.0398. The highest BCUT2D eigenvalue weighted by Gasteiger charge is 2.76. The molecule has 1 amide bonds. The van der Waals surface area contributed by atoms with Crippen LogP contribution in [0, 0.1) is 33.5 Å². The SMILES string of the molecule is C[C@]12CC[C@H]3[C@@]4(C=C[C@@]5(C=C4C(=O)c4ccco4)C[C@@H](O)CC[C@]35C)[C@@H]1CC[C@@]21CN(Cc2cccc3ccccc23)C(=O)O1. The Bertz CT molecular complexity index is 1800. The Morgan fingerprint density at radius 3 is 2.56 bits per heavy atom. The first-order chi connectivity index (χ1) is 21.6. The summed E-state index contributed by atoms with van der Waals surface area (Å²) in [6, 6.07) is 18.2. The van der Waals surface area contributed by atoms with Gasteiger partial charge in [-0.05, 0) is 90.7 Å². The number of amides is 1. The molecule has 0 radical (unpaired) electrons. The van der Waals surface area contributed by atoms with Crippen molar-refractivity contribution in [2.45, 2.75) is 77.0 Å². The number of rotatable bonds is 4. The molecule has 2 bridgehead atoms. The summed E-state index contributed by atoms with van der Waals surface area (Å²) >= 11 is 0. The van der Waals surface area contributed by atoms with E-state index in [2.05, 4.69) is 68.5 Å². The first kappa shape index (κ1) is 27.7. The number of carbonyl (C=O) groups is 2. The van der Waals surface area contributed by atoms with Gasteiger partial charge in [-0.3, -0.25) is 9.69 Å². The van der Waals surface area contributed by atoms with E-state index in [1.807, 2.05) is 11.0 Å². The van der Waals surface area contributed by atoms with Gasteiger partial charge in [-0.2, -0.15) is 0 Å². The predicted molar refractivity (Wildman–Crippen MR) is 170 cm³/mol. The molecule has 6 nitrogen and oxygen atoms in total. The van der Waals surface area contributed by atoms with Gasteiger partial charge in [-0.1, -0.05) is 74.5 Å². The molecule has 0 unspecified atom stereocenters. The van der Waals surface area contributed by atoms with E-state index in [9.17, 15) is 14.7 Å². The Morgan fingerprint density at radius 2 is 1.71 bits per heavy atom. The van der Waals surface area contributed by atoms with Crippen molar-refractivity contribution in [3.05, 3.63) is 96.0 Å². The van der Waals surface area contributed by atoms with Gasteiger partial charge in [0.15, 0.2) is 5.76 Å². The molecular weight excluding hydrogens is 562 g/mol. The lowest BCUT2D eigenvalue weighted by Crippen LogP contribution is -2.67. The number of fused-ring (bicyclic) bond motifs is 3. The predicted octanol–water partition coefficient (Wildman–Crippen LogP) is 7.87. The van der Waals surface area contributed by atoms with Gasteiger partial charge < -0.3 is 14.3 Å². The molecule has 4 fully saturated rings. The van der Waals surface area contributed by atoms with Gasteiger partial charge in [0.1, 0.15) is 5.60 Å². The number of ketones is 1. The van der Waals surface area contributed by atoms with E-state index in [0.717, 1.165) is 49.7 Å². The number of furan rings is 1. The maximum Gasteiger partial charge on any atom is 0.410 e. The molecule has 7 aliphatic rings. The molecule has 1 N–H and O–H groups in total. The molecular formula is C39H41NO5. The average Bonchev–Trinajstić information content (AvgIpc) is 3.75. The highest BCUT2D eigenvalue weighted by Crippen LogP contribution is 2.79. The van der Waals surface area contributed by atoms with E-state index in [4.69, 9.17) is 9.15 Å². The van der Waals surface area contributed by atoms with Crippen LogP contribution in [0.3, 0.4) is 0 Å². The number of allylic oxidation sites excluding steroid dienone is 4. The van der Waals surface area contributed by atoms with Crippen LogP contribution in [0.15, 0.2) is 89.1 Å². The van der Waals surface area contributed by atoms with Crippen molar-refractivity contribution in [1.82, 2.24) is 4.90 Å². The van der Waals surface area contributed by atoms with Crippen LogP contribution >= 0.6 is 0 Å². The van der Waals surface area contributed by atoms with Crippen LogP contribution in [-0.2, 0) is 11.3 Å². The normalized spacial score (nSPS) is 41.1. The number of hydrogen-bond acceptors (Lipinski definition) is 5. The first-order valence-electron chi connectivity index (χ1n) is 16.8. The lowest BCUT2D eigenvalue weighted by atomic mass is 9.32. The van der Waals surface area contributed by atoms with Gasteiger partial charge in [0.25, 0.3) is 0 Å². The number of carbonyl (C=O) groups excluding carboxylic acids is 2. The van der Waals surface area contributed by atoms with Gasteiger partial charge >= 0.3 is 6.09 Å². The van der Waals surface area contributed by atoms with Gasteiger partial charge in [-0.25, -0.2) is 4.79 Å².